The molecule has 3 spiro atoms. The Bertz CT molecular complexity index is 9740. The first-order valence-electron chi connectivity index (χ1n) is 51.9. The Morgan fingerprint density at radius 1 is 0.275 bits per heavy atom. The second kappa shape index (κ2) is 29.5. The van der Waals surface area contributed by atoms with Crippen LogP contribution in [0.15, 0.2) is 377 Å². The fourth-order valence-electron chi connectivity index (χ4n) is 27.1. The molecule has 0 aliphatic carbocycles. The molecule has 0 amide bonds. The third kappa shape index (κ3) is 11.1. The number of ether oxygens (including phenoxy) is 3. The summed E-state index contributed by atoms with van der Waals surface area (Å²) >= 11 is 0. The first-order chi connectivity index (χ1) is 72.3. The molecule has 149 heavy (non-hydrogen) atoms. The zero-order valence-corrected chi connectivity index (χ0v) is 85.3. The van der Waals surface area contributed by atoms with Gasteiger partial charge >= 0.3 is 17.0 Å². The van der Waals surface area contributed by atoms with E-state index in [0.717, 1.165) is 142 Å². The number of nitrogens with zero attached hydrogens (tertiary/aromatic N) is 14. The van der Waals surface area contributed by atoms with E-state index in [0.29, 0.717) is 0 Å². The molecule has 0 bridgehead atoms. The summed E-state index contributed by atoms with van der Waals surface area (Å²) in [5.74, 6) is 8.75. The van der Waals surface area contributed by atoms with E-state index in [9.17, 15) is 0 Å². The smallest absolute Gasteiger partial charge is 0.397 e. The number of benzene rings is 13. The minimum atomic E-state index is -0.731. The van der Waals surface area contributed by atoms with Gasteiger partial charge in [-0.05, 0) is 252 Å². The molecular weight excluding hydrogens is 1830 g/mol. The Kier molecular flexibility index (Phi) is 16.9. The molecule has 13 aromatic carbocycles. The van der Waals surface area contributed by atoms with Gasteiger partial charge in [0.15, 0.2) is 33.2 Å². The number of rotatable bonds is 6. The van der Waals surface area contributed by atoms with Crippen LogP contribution in [0.2, 0.25) is 0 Å². The number of aryl methyl sites for hydroxylation is 5. The highest BCUT2D eigenvalue weighted by molar-refractivity contribution is 6.14. The van der Waals surface area contributed by atoms with E-state index in [-0.39, 0.29) is 16.2 Å². The molecule has 9 aliphatic heterocycles. The predicted molar refractivity (Wildman–Crippen MR) is 584 cm³/mol. The van der Waals surface area contributed by atoms with Crippen molar-refractivity contribution in [1.29, 1.82) is 0 Å². The van der Waals surface area contributed by atoms with E-state index in [1.54, 1.807) is 0 Å². The van der Waals surface area contributed by atoms with Gasteiger partial charge in [-0.1, -0.05) is 234 Å². The van der Waals surface area contributed by atoms with Crippen LogP contribution in [0.25, 0.3) is 167 Å². The van der Waals surface area contributed by atoms with Gasteiger partial charge in [0.25, 0.3) is 17.5 Å². The van der Waals surface area contributed by atoms with Crippen LogP contribution in [-0.2, 0) is 33.2 Å². The van der Waals surface area contributed by atoms with Crippen LogP contribution in [0.1, 0.15) is 140 Å². The van der Waals surface area contributed by atoms with Gasteiger partial charge in [-0.15, -0.1) is 14.0 Å². The van der Waals surface area contributed by atoms with Crippen molar-refractivity contribution in [3.63, 3.8) is 0 Å². The SMILES string of the molecule is Cc1cc(-c2ccccc2)cc(C)c1-c1cn2[n+](c1)C13c4c(cccc4-2)Oc2ccc4c5ccccc5n(c4c21)-c1cc(C(C)(C)C)cc[n+]13.Cc1cc(-c2ccccc2)cnc1-c1cn2[n+](c1)C13c4c(cccc4-2)Oc2ccc4c5ccccc5n(c4c21)-c1cc(C(C)(C)C)cc[n+]13.Cc1cc(-c2ccccc2)nc(C)c1-c1cn2[n+](c1)C13c4c(cccc4-2)Oc2ccc4c5ccccc5n(c4c21)-c1cc(C(C)(C)C)cc[n+]13. The van der Waals surface area contributed by atoms with Gasteiger partial charge in [-0.2, -0.15) is 27.4 Å². The quantitative estimate of drug-likeness (QED) is 0.154. The molecular formula is C132H104N14O3+6. The van der Waals surface area contributed by atoms with Crippen molar-refractivity contribution in [1.82, 2.24) is 37.7 Å². The summed E-state index contributed by atoms with van der Waals surface area (Å²) in [4.78, 5) is 10.2. The Hall–Kier alpha value is -18.0. The summed E-state index contributed by atoms with van der Waals surface area (Å²) in [5, 5.41) is 7.42. The van der Waals surface area contributed by atoms with Gasteiger partial charge in [0.05, 0.1) is 65.3 Å². The minimum absolute atomic E-state index is 0.0205. The molecule has 0 N–H and O–H groups in total. The summed E-state index contributed by atoms with van der Waals surface area (Å²) in [6, 6.07) is 114. The number of pyridine rings is 5. The van der Waals surface area contributed by atoms with Crippen LogP contribution in [0.4, 0.5) is 0 Å². The van der Waals surface area contributed by atoms with Crippen molar-refractivity contribution in [2.45, 2.75) is 130 Å². The monoisotopic (exact) mass is 1930 g/mol. The van der Waals surface area contributed by atoms with Gasteiger partial charge in [0.2, 0.25) is 18.6 Å². The number of para-hydroxylation sites is 3. The second-order valence-corrected chi connectivity index (χ2v) is 45.0. The average Bonchev–Trinajstić information content (AvgIpc) is 1.49. The zero-order chi connectivity index (χ0) is 100. The minimum Gasteiger partial charge on any atom is -0.456 e. The van der Waals surface area contributed by atoms with Crippen LogP contribution in [-0.4, -0.2) is 37.7 Å². The molecule has 3 unspecified atom stereocenters. The predicted octanol–water partition coefficient (Wildman–Crippen LogP) is 26.8. The fourth-order valence-corrected chi connectivity index (χ4v) is 27.1. The zero-order valence-electron chi connectivity index (χ0n) is 85.3. The normalized spacial score (nSPS) is 16.4. The molecule has 17 nitrogen and oxygen atoms in total. The van der Waals surface area contributed by atoms with E-state index in [4.69, 9.17) is 24.2 Å². The first-order valence-corrected chi connectivity index (χ1v) is 51.9. The highest BCUT2D eigenvalue weighted by Crippen LogP contribution is 2.61. The van der Waals surface area contributed by atoms with Crippen molar-refractivity contribution in [3.8, 4) is 136 Å². The summed E-state index contributed by atoms with van der Waals surface area (Å²) in [6.07, 6.45) is 22.8. The Morgan fingerprint density at radius 2 is 0.611 bits per heavy atom. The van der Waals surface area contributed by atoms with Gasteiger partial charge in [0.1, 0.15) is 84.8 Å². The van der Waals surface area contributed by atoms with Gasteiger partial charge in [0, 0.05) is 79.1 Å². The molecule has 0 fully saturated rings. The Morgan fingerprint density at radius 3 is 0.993 bits per heavy atom. The maximum absolute atomic E-state index is 6.88. The molecule has 20 heterocycles. The van der Waals surface area contributed by atoms with Crippen LogP contribution in [0.3, 0.4) is 0 Å². The summed E-state index contributed by atoms with van der Waals surface area (Å²) in [5.41, 5.74) is 38.7. The fraction of sp³-hybridized carbons (Fsp3) is 0.152. The van der Waals surface area contributed by atoms with Gasteiger partial charge in [-0.3, -0.25) is 9.97 Å². The summed E-state index contributed by atoms with van der Waals surface area (Å²) in [6.45, 7) is 31.6. The van der Waals surface area contributed by atoms with E-state index in [2.05, 4.69) is 512 Å². The van der Waals surface area contributed by atoms with Crippen molar-refractivity contribution in [2.24, 2.45) is 0 Å². The van der Waals surface area contributed by atoms with Crippen molar-refractivity contribution < 1.29 is 42.0 Å². The largest absolute Gasteiger partial charge is 0.456 e. The lowest BCUT2D eigenvalue weighted by Gasteiger charge is -2.33. The van der Waals surface area contributed by atoms with Crippen molar-refractivity contribution in [2.75, 3.05) is 0 Å². The Labute approximate surface area is 861 Å². The topological polar surface area (TPSA) is 106 Å². The molecule has 3 atom stereocenters. The van der Waals surface area contributed by atoms with E-state index in [1.165, 1.54) is 138 Å². The van der Waals surface area contributed by atoms with Crippen molar-refractivity contribution in [3.05, 3.63) is 455 Å². The lowest BCUT2D eigenvalue weighted by atomic mass is 9.83. The molecule has 714 valence electrons. The van der Waals surface area contributed by atoms with Crippen LogP contribution in [0.5, 0.6) is 34.5 Å². The van der Waals surface area contributed by atoms with E-state index in [1.807, 2.05) is 18.3 Å². The molecule has 17 heteroatoms. The molecule has 11 aromatic heterocycles. The highest BCUT2D eigenvalue weighted by atomic mass is 16.5. The molecule has 33 rings (SSSR count). The second-order valence-electron chi connectivity index (χ2n) is 45.0. The average molecular weight is 1930 g/mol. The Balaban J connectivity index is 0.000000101. The van der Waals surface area contributed by atoms with E-state index < -0.39 is 17.0 Å². The summed E-state index contributed by atoms with van der Waals surface area (Å²) < 4.78 is 49.8. The number of fused-ring (bicyclic) bond motifs is 21. The molecule has 0 saturated carbocycles. The lowest BCUT2D eigenvalue weighted by molar-refractivity contribution is -0.993. The molecule has 0 radical (unpaired) electrons. The maximum Gasteiger partial charge on any atom is 0.397 e. The first kappa shape index (κ1) is 85.4. The van der Waals surface area contributed by atoms with Gasteiger partial charge in [-0.25, -0.2) is 0 Å². The highest BCUT2D eigenvalue weighted by Gasteiger charge is 2.73. The van der Waals surface area contributed by atoms with E-state index >= 15 is 0 Å². The lowest BCUT2D eigenvalue weighted by Crippen LogP contribution is -2.76. The van der Waals surface area contributed by atoms with Crippen LogP contribution >= 0.6 is 0 Å². The third-order valence-electron chi connectivity index (χ3n) is 33.4. The number of aromatic nitrogens is 14. The van der Waals surface area contributed by atoms with Crippen molar-refractivity contribution >= 4 is 65.4 Å². The summed E-state index contributed by atoms with van der Waals surface area (Å²) in [7, 11) is 0. The number of hydrogen-bond donors (Lipinski definition) is 0. The maximum atomic E-state index is 6.88. The molecule has 0 saturated heterocycles. The van der Waals surface area contributed by atoms with Crippen LogP contribution in [0, 0.1) is 34.6 Å². The molecule has 24 aromatic rings. The number of hydrogen-bond acceptors (Lipinski definition) is 5. The molecule has 9 aliphatic rings. The third-order valence-corrected chi connectivity index (χ3v) is 33.4. The standard InChI is InChI=1S/C45H36N4O.C44H35N5O.C43H33N5O/c1-27-22-30(29-12-7-6-8-13-29)23-28(2)40(27)31-25-47-36-16-11-17-37-41(36)45(48(47)26-31)42-38(50-37)19-18-34-33-14-9-10-15-35(33)49(43(34)42)39-24-32(44(3,4)5)20-21-46(39)45;1-26-22-33(28-12-7-6-8-13-28)45-27(2)39(26)29-24-47-35-16-11-17-36-40(35)44(48(47)25-29)41-37(50-36)19-18-32-31-14-9-10-15-34(31)49(42(32)41)38-23-30(43(3,4)5)20-21-46(38)44;1-26-21-28(27-11-6-5-7-12-27)23-44-40(26)29-24-46-34-15-10-16-35-38(34)43(47(46)25-29)39-36(49-35)18-17-32-31-13-8-9-14-33(31)48(41(32)39)37-22-30(42(2,3)4)19-20-45(37)43/h6-26H,1-5H3;6-25H,1-5H3;5-25H,1-4H3/q3*+2. The van der Waals surface area contributed by atoms with Gasteiger partial charge < -0.3 is 14.2 Å². The van der Waals surface area contributed by atoms with Crippen LogP contribution < -0.4 is 42.0 Å².